The summed E-state index contributed by atoms with van der Waals surface area (Å²) in [6.45, 7) is 2.94. The number of nitrogens with zero attached hydrogens (tertiary/aromatic N) is 3. The molecule has 0 bridgehead atoms. The lowest BCUT2D eigenvalue weighted by atomic mass is 10.2. The summed E-state index contributed by atoms with van der Waals surface area (Å²) in [5.74, 6) is 0.0453. The van der Waals surface area contributed by atoms with Crippen LogP contribution in [-0.2, 0) is 17.9 Å². The maximum Gasteiger partial charge on any atom is 0.237 e. The molecule has 0 unspecified atom stereocenters. The number of rotatable bonds is 7. The second-order valence-electron chi connectivity index (χ2n) is 6.03. The van der Waals surface area contributed by atoms with Crippen LogP contribution in [0.4, 0.5) is 0 Å². The van der Waals surface area contributed by atoms with Crippen molar-refractivity contribution in [3.8, 4) is 0 Å². The zero-order valence-corrected chi connectivity index (χ0v) is 13.3. The van der Waals surface area contributed by atoms with Crippen molar-refractivity contribution in [1.82, 2.24) is 20.2 Å². The number of hydrogen-bond acceptors (Lipinski definition) is 6. The van der Waals surface area contributed by atoms with Crippen molar-refractivity contribution in [2.24, 2.45) is 0 Å². The topological polar surface area (TPSA) is 84.4 Å². The van der Waals surface area contributed by atoms with Crippen LogP contribution in [0, 0.1) is 0 Å². The molecule has 1 aliphatic carbocycles. The molecule has 0 saturated heterocycles. The Hall–Kier alpha value is -2.15. The maximum absolute atomic E-state index is 12.6. The van der Waals surface area contributed by atoms with Crippen LogP contribution in [0.25, 0.3) is 0 Å². The first kappa shape index (κ1) is 15.7. The van der Waals surface area contributed by atoms with E-state index < -0.39 is 0 Å². The summed E-state index contributed by atoms with van der Waals surface area (Å²) in [6.07, 6.45) is 10.5. The van der Waals surface area contributed by atoms with Gasteiger partial charge in [0.25, 0.3) is 0 Å². The molecule has 7 heteroatoms. The zero-order valence-electron chi connectivity index (χ0n) is 13.3. The molecule has 23 heavy (non-hydrogen) atoms. The van der Waals surface area contributed by atoms with Gasteiger partial charge in [-0.25, -0.2) is 9.97 Å². The van der Waals surface area contributed by atoms with Gasteiger partial charge in [0.05, 0.1) is 17.4 Å². The quantitative estimate of drug-likeness (QED) is 0.841. The summed E-state index contributed by atoms with van der Waals surface area (Å²) in [4.78, 5) is 22.9. The van der Waals surface area contributed by atoms with Crippen molar-refractivity contribution in [3.63, 3.8) is 0 Å². The highest BCUT2D eigenvalue weighted by atomic mass is 16.3. The van der Waals surface area contributed by atoms with E-state index in [2.05, 4.69) is 15.3 Å². The number of hydrogen-bond donors (Lipinski definition) is 1. The fraction of sp³-hybridized carbons (Fsp3) is 0.562. The first-order valence-electron chi connectivity index (χ1n) is 8.01. The smallest absolute Gasteiger partial charge is 0.237 e. The van der Waals surface area contributed by atoms with Crippen LogP contribution in [0.1, 0.15) is 44.0 Å². The molecule has 124 valence electrons. The van der Waals surface area contributed by atoms with Gasteiger partial charge in [0.2, 0.25) is 5.91 Å². The first-order chi connectivity index (χ1) is 11.2. The molecule has 1 amide bonds. The Kier molecular flexibility index (Phi) is 5.07. The molecule has 0 radical (unpaired) electrons. The number of carbonyl (C=O) groups excluding carboxylic acids is 1. The Morgan fingerprint density at radius 2 is 1.78 bits per heavy atom. The van der Waals surface area contributed by atoms with Gasteiger partial charge in [-0.2, -0.15) is 0 Å². The average molecular weight is 318 g/mol. The maximum atomic E-state index is 12.6. The van der Waals surface area contributed by atoms with Crippen molar-refractivity contribution >= 4 is 5.91 Å². The molecule has 2 aromatic heterocycles. The lowest BCUT2D eigenvalue weighted by molar-refractivity contribution is -0.127. The van der Waals surface area contributed by atoms with Gasteiger partial charge in [-0.05, 0) is 19.8 Å². The molecule has 0 aliphatic heterocycles. The van der Waals surface area contributed by atoms with E-state index in [1.807, 2.05) is 11.8 Å². The minimum Gasteiger partial charge on any atom is -0.451 e. The van der Waals surface area contributed by atoms with Crippen LogP contribution in [0.15, 0.2) is 34.1 Å². The highest BCUT2D eigenvalue weighted by molar-refractivity contribution is 5.81. The molecule has 1 saturated carbocycles. The number of oxazole rings is 2. The lowest BCUT2D eigenvalue weighted by Gasteiger charge is -2.27. The average Bonchev–Trinajstić information content (AvgIpc) is 3.29. The van der Waals surface area contributed by atoms with Gasteiger partial charge in [-0.3, -0.25) is 9.69 Å². The van der Waals surface area contributed by atoms with E-state index >= 15 is 0 Å². The highest BCUT2D eigenvalue weighted by Crippen LogP contribution is 2.18. The third kappa shape index (κ3) is 4.19. The molecule has 0 spiro atoms. The minimum absolute atomic E-state index is 0.0453. The van der Waals surface area contributed by atoms with Crippen molar-refractivity contribution in [3.05, 3.63) is 36.7 Å². The Balaban J connectivity index is 1.66. The minimum atomic E-state index is -0.288. The van der Waals surface area contributed by atoms with Crippen molar-refractivity contribution in [2.75, 3.05) is 0 Å². The number of aromatic nitrogens is 2. The molecule has 1 atom stereocenters. The summed E-state index contributed by atoms with van der Waals surface area (Å²) >= 11 is 0. The molecule has 2 aromatic rings. The fourth-order valence-corrected chi connectivity index (χ4v) is 2.93. The Morgan fingerprint density at radius 1 is 1.22 bits per heavy atom. The van der Waals surface area contributed by atoms with Crippen LogP contribution in [-0.4, -0.2) is 32.9 Å². The zero-order chi connectivity index (χ0) is 16.1. The SMILES string of the molecule is C[C@H](C(=O)NC1CCCC1)N(Cc1cocn1)Cc1cocn1. The van der Waals surface area contributed by atoms with Gasteiger partial charge in [0.15, 0.2) is 12.8 Å². The second kappa shape index (κ2) is 7.41. The molecular weight excluding hydrogens is 296 g/mol. The van der Waals surface area contributed by atoms with Crippen molar-refractivity contribution in [2.45, 2.75) is 57.8 Å². The van der Waals surface area contributed by atoms with Crippen LogP contribution in [0.2, 0.25) is 0 Å². The monoisotopic (exact) mass is 318 g/mol. The summed E-state index contributed by atoms with van der Waals surface area (Å²) in [7, 11) is 0. The van der Waals surface area contributed by atoms with E-state index in [-0.39, 0.29) is 11.9 Å². The summed E-state index contributed by atoms with van der Waals surface area (Å²) in [6, 6.07) is 0.0231. The number of amides is 1. The van der Waals surface area contributed by atoms with Gasteiger partial charge in [0.1, 0.15) is 12.5 Å². The molecule has 2 heterocycles. The van der Waals surface area contributed by atoms with Gasteiger partial charge < -0.3 is 14.2 Å². The predicted molar refractivity (Wildman–Crippen MR) is 82.1 cm³/mol. The van der Waals surface area contributed by atoms with E-state index in [0.717, 1.165) is 24.2 Å². The molecule has 0 aromatic carbocycles. The second-order valence-corrected chi connectivity index (χ2v) is 6.03. The fourth-order valence-electron chi connectivity index (χ4n) is 2.93. The highest BCUT2D eigenvalue weighted by Gasteiger charge is 2.26. The van der Waals surface area contributed by atoms with Crippen LogP contribution >= 0.6 is 0 Å². The molecule has 3 rings (SSSR count). The molecule has 7 nitrogen and oxygen atoms in total. The van der Waals surface area contributed by atoms with Crippen molar-refractivity contribution < 1.29 is 13.6 Å². The lowest BCUT2D eigenvalue weighted by Crippen LogP contribution is -2.47. The standard InChI is InChI=1S/C16H22N4O3/c1-12(16(21)19-13-4-2-3-5-13)20(6-14-8-22-10-17-14)7-15-9-23-11-18-15/h8-13H,2-7H2,1H3,(H,19,21)/t12-/m1/s1. The van der Waals surface area contributed by atoms with Gasteiger partial charge >= 0.3 is 0 Å². The summed E-state index contributed by atoms with van der Waals surface area (Å²) in [5, 5.41) is 3.15. The summed E-state index contributed by atoms with van der Waals surface area (Å²) in [5.41, 5.74) is 1.57. The van der Waals surface area contributed by atoms with E-state index in [9.17, 15) is 4.79 Å². The first-order valence-corrected chi connectivity index (χ1v) is 8.01. The number of nitrogens with one attached hydrogen (secondary N) is 1. The van der Waals surface area contributed by atoms with Gasteiger partial charge in [0, 0.05) is 19.1 Å². The largest absolute Gasteiger partial charge is 0.451 e. The van der Waals surface area contributed by atoms with Gasteiger partial charge in [-0.15, -0.1) is 0 Å². The summed E-state index contributed by atoms with van der Waals surface area (Å²) < 4.78 is 10.1. The van der Waals surface area contributed by atoms with Crippen molar-refractivity contribution in [1.29, 1.82) is 0 Å². The molecular formula is C16H22N4O3. The van der Waals surface area contributed by atoms with Crippen LogP contribution in [0.5, 0.6) is 0 Å². The molecule has 1 fully saturated rings. The predicted octanol–water partition coefficient (Wildman–Crippen LogP) is 2.11. The Labute approximate surface area is 135 Å². The third-order valence-corrected chi connectivity index (χ3v) is 4.33. The van der Waals surface area contributed by atoms with Gasteiger partial charge in [-0.1, -0.05) is 12.8 Å². The normalized spacial score (nSPS) is 16.8. The third-order valence-electron chi connectivity index (χ3n) is 4.33. The Morgan fingerprint density at radius 3 is 2.26 bits per heavy atom. The Bertz CT molecular complexity index is 555. The number of carbonyl (C=O) groups is 1. The van der Waals surface area contributed by atoms with E-state index in [1.165, 1.54) is 25.6 Å². The molecule has 1 aliphatic rings. The van der Waals surface area contributed by atoms with Crippen LogP contribution < -0.4 is 5.32 Å². The molecule has 1 N–H and O–H groups in total. The van der Waals surface area contributed by atoms with E-state index in [0.29, 0.717) is 19.1 Å². The van der Waals surface area contributed by atoms with Crippen LogP contribution in [0.3, 0.4) is 0 Å². The van der Waals surface area contributed by atoms with E-state index in [4.69, 9.17) is 8.83 Å². The van der Waals surface area contributed by atoms with E-state index in [1.54, 1.807) is 12.5 Å².